The molecular weight excluding hydrogens is 350 g/mol. The van der Waals surface area contributed by atoms with Crippen molar-refractivity contribution in [2.45, 2.75) is 33.9 Å². The molecule has 0 atom stereocenters. The molecule has 2 N–H and O–H groups in total. The molecule has 7 heteroatoms. The van der Waals surface area contributed by atoms with E-state index in [4.69, 9.17) is 11.6 Å². The molecule has 0 aliphatic rings. The lowest BCUT2D eigenvalue weighted by Crippen LogP contribution is -2.32. The monoisotopic (exact) mass is 371 g/mol. The van der Waals surface area contributed by atoms with Gasteiger partial charge in [-0.05, 0) is 50.6 Å². The second-order valence-corrected chi connectivity index (χ2v) is 6.35. The van der Waals surface area contributed by atoms with E-state index >= 15 is 0 Å². The second kappa shape index (κ2) is 7.66. The molecule has 0 spiro atoms. The Bertz CT molecular complexity index is 974. The minimum Gasteiger partial charge on any atom is -0.309 e. The summed E-state index contributed by atoms with van der Waals surface area (Å²) in [5, 5.41) is 7.57. The predicted molar refractivity (Wildman–Crippen MR) is 105 cm³/mol. The molecule has 0 saturated heterocycles. The fraction of sp³-hybridized carbons (Fsp3) is 0.263. The molecule has 1 heterocycles. The highest BCUT2D eigenvalue weighted by molar-refractivity contribution is 6.33. The highest BCUT2D eigenvalue weighted by Crippen LogP contribution is 2.22. The number of fused-ring (bicyclic) bond motifs is 1. The van der Waals surface area contributed by atoms with Gasteiger partial charge in [0.1, 0.15) is 0 Å². The molecule has 0 aliphatic heterocycles. The van der Waals surface area contributed by atoms with Gasteiger partial charge < -0.3 is 14.5 Å². The van der Waals surface area contributed by atoms with Crippen molar-refractivity contribution < 1.29 is 4.79 Å². The number of anilines is 1. The van der Waals surface area contributed by atoms with Crippen LogP contribution in [-0.2, 0) is 13.1 Å². The van der Waals surface area contributed by atoms with Gasteiger partial charge in [0.25, 0.3) is 0 Å². The van der Waals surface area contributed by atoms with Crippen molar-refractivity contribution in [3.63, 3.8) is 0 Å². The van der Waals surface area contributed by atoms with Crippen LogP contribution in [0.15, 0.2) is 47.6 Å². The first-order chi connectivity index (χ1) is 12.5. The molecule has 2 amide bonds. The summed E-state index contributed by atoms with van der Waals surface area (Å²) in [5.41, 5.74) is 7.01. The van der Waals surface area contributed by atoms with Crippen LogP contribution in [-0.4, -0.2) is 15.2 Å². The molecule has 2 aromatic carbocycles. The number of aromatic nitrogens is 2. The lowest BCUT2D eigenvalue weighted by atomic mass is 10.2. The minimum atomic E-state index is -0.437. The van der Waals surface area contributed by atoms with Gasteiger partial charge in [0, 0.05) is 13.1 Å². The third kappa shape index (κ3) is 3.46. The highest BCUT2D eigenvalue weighted by atomic mass is 35.5. The molecule has 1 aromatic heterocycles. The van der Waals surface area contributed by atoms with Crippen LogP contribution in [0, 0.1) is 6.92 Å². The smallest absolute Gasteiger partial charge is 0.309 e. The number of rotatable bonds is 4. The number of nitrogens with one attached hydrogen (secondary N) is 2. The molecule has 0 bridgehead atoms. The first-order valence-corrected chi connectivity index (χ1v) is 8.97. The Morgan fingerprint density at radius 2 is 1.69 bits per heavy atom. The standard InChI is InChI=1S/C19H22ClN5O/c1-4-24-16-8-6-7-9-17(16)25(5-2)19(24)23-22-18(26)21-15-12-13(3)10-11-14(15)20/h6-12H,4-5H2,1-3H3,(H2,21,22,26). The number of amides is 2. The maximum Gasteiger partial charge on any atom is 0.339 e. The number of benzene rings is 2. The summed E-state index contributed by atoms with van der Waals surface area (Å²) in [5.74, 6) is 0. The van der Waals surface area contributed by atoms with Crippen LogP contribution in [0.4, 0.5) is 10.5 Å². The highest BCUT2D eigenvalue weighted by Gasteiger charge is 2.10. The van der Waals surface area contributed by atoms with Crippen LogP contribution in [0.5, 0.6) is 0 Å². The molecule has 3 aromatic rings. The first-order valence-electron chi connectivity index (χ1n) is 8.60. The lowest BCUT2D eigenvalue weighted by molar-refractivity contribution is 0.252. The molecule has 0 aliphatic carbocycles. The average Bonchev–Trinajstić information content (AvgIpc) is 2.95. The van der Waals surface area contributed by atoms with Gasteiger partial charge in [0.15, 0.2) is 0 Å². The van der Waals surface area contributed by atoms with E-state index in [1.807, 2.05) is 31.2 Å². The quantitative estimate of drug-likeness (QED) is 0.667. The lowest BCUT2D eigenvalue weighted by Gasteiger charge is -2.08. The third-order valence-electron chi connectivity index (χ3n) is 4.21. The van der Waals surface area contributed by atoms with Gasteiger partial charge in [-0.2, -0.15) is 0 Å². The van der Waals surface area contributed by atoms with Gasteiger partial charge in [0.05, 0.1) is 21.7 Å². The van der Waals surface area contributed by atoms with E-state index in [-0.39, 0.29) is 0 Å². The number of imidazole rings is 1. The number of carbonyl (C=O) groups excluding carboxylic acids is 1. The normalized spacial score (nSPS) is 10.8. The van der Waals surface area contributed by atoms with Crippen molar-refractivity contribution in [1.82, 2.24) is 14.6 Å². The Morgan fingerprint density at radius 3 is 2.27 bits per heavy atom. The van der Waals surface area contributed by atoms with E-state index < -0.39 is 6.03 Å². The van der Waals surface area contributed by atoms with Crippen LogP contribution in [0.2, 0.25) is 5.02 Å². The van der Waals surface area contributed by atoms with E-state index in [0.717, 1.165) is 29.7 Å². The van der Waals surface area contributed by atoms with E-state index in [9.17, 15) is 4.79 Å². The Labute approximate surface area is 157 Å². The summed E-state index contributed by atoms with van der Waals surface area (Å²) in [6.07, 6.45) is 0. The zero-order valence-corrected chi connectivity index (χ0v) is 15.8. The van der Waals surface area contributed by atoms with Crippen LogP contribution in [0.25, 0.3) is 11.0 Å². The maximum atomic E-state index is 12.3. The summed E-state index contributed by atoms with van der Waals surface area (Å²) in [4.78, 5) is 12.3. The summed E-state index contributed by atoms with van der Waals surface area (Å²) in [6, 6.07) is 13.1. The number of hydrogen-bond acceptors (Lipinski definition) is 2. The van der Waals surface area contributed by atoms with Crippen LogP contribution < -0.4 is 16.4 Å². The largest absolute Gasteiger partial charge is 0.339 e. The Morgan fingerprint density at radius 1 is 1.08 bits per heavy atom. The summed E-state index contributed by atoms with van der Waals surface area (Å²) >= 11 is 6.12. The maximum absolute atomic E-state index is 12.3. The van der Waals surface area contributed by atoms with Crippen molar-refractivity contribution in [2.75, 3.05) is 5.32 Å². The van der Waals surface area contributed by atoms with Gasteiger partial charge in [-0.3, -0.25) is 0 Å². The zero-order chi connectivity index (χ0) is 18.7. The van der Waals surface area contributed by atoms with E-state index in [0.29, 0.717) is 16.3 Å². The molecule has 6 nitrogen and oxygen atoms in total. The molecular formula is C19H22ClN5O. The number of hydrogen-bond donors (Lipinski definition) is 2. The molecule has 0 fully saturated rings. The number of halogens is 1. The van der Waals surface area contributed by atoms with E-state index in [2.05, 4.69) is 51.0 Å². The van der Waals surface area contributed by atoms with Crippen molar-refractivity contribution in [2.24, 2.45) is 5.10 Å². The van der Waals surface area contributed by atoms with E-state index in [1.165, 1.54) is 0 Å². The topological polar surface area (TPSA) is 63.4 Å². The number of nitrogens with zero attached hydrogens (tertiary/aromatic N) is 3. The molecule has 0 saturated carbocycles. The molecule has 0 unspecified atom stereocenters. The summed E-state index contributed by atoms with van der Waals surface area (Å²) in [6.45, 7) is 7.54. The van der Waals surface area contributed by atoms with Crippen molar-refractivity contribution in [1.29, 1.82) is 0 Å². The molecule has 3 rings (SSSR count). The Hall–Kier alpha value is -2.73. The Kier molecular flexibility index (Phi) is 5.32. The average molecular weight is 372 g/mol. The van der Waals surface area contributed by atoms with Gasteiger partial charge >= 0.3 is 6.03 Å². The molecule has 0 radical (unpaired) electrons. The van der Waals surface area contributed by atoms with Crippen LogP contribution >= 0.6 is 11.6 Å². The second-order valence-electron chi connectivity index (χ2n) is 5.94. The summed E-state index contributed by atoms with van der Waals surface area (Å²) < 4.78 is 4.14. The van der Waals surface area contributed by atoms with Crippen molar-refractivity contribution in [3.05, 3.63) is 58.7 Å². The van der Waals surface area contributed by atoms with Crippen LogP contribution in [0.1, 0.15) is 19.4 Å². The van der Waals surface area contributed by atoms with Gasteiger partial charge in [-0.25, -0.2) is 10.2 Å². The van der Waals surface area contributed by atoms with Gasteiger partial charge in [-0.15, -0.1) is 5.10 Å². The zero-order valence-electron chi connectivity index (χ0n) is 15.1. The third-order valence-corrected chi connectivity index (χ3v) is 4.54. The number of urea groups is 1. The van der Waals surface area contributed by atoms with Crippen molar-refractivity contribution >= 4 is 34.4 Å². The number of carbonyl (C=O) groups is 1. The van der Waals surface area contributed by atoms with Gasteiger partial charge in [0.2, 0.25) is 5.62 Å². The number of para-hydroxylation sites is 2. The Balaban J connectivity index is 1.93. The fourth-order valence-electron chi connectivity index (χ4n) is 3.01. The van der Waals surface area contributed by atoms with Gasteiger partial charge in [-0.1, -0.05) is 29.8 Å². The van der Waals surface area contributed by atoms with Crippen LogP contribution in [0.3, 0.4) is 0 Å². The summed E-state index contributed by atoms with van der Waals surface area (Å²) in [7, 11) is 0. The molecule has 26 heavy (non-hydrogen) atoms. The SMILES string of the molecule is CCn1c(=NNC(=O)Nc2cc(C)ccc2Cl)n(CC)c2ccccc21. The van der Waals surface area contributed by atoms with E-state index in [1.54, 1.807) is 6.07 Å². The van der Waals surface area contributed by atoms with Crippen molar-refractivity contribution in [3.8, 4) is 0 Å². The number of aryl methyl sites for hydroxylation is 3. The predicted octanol–water partition coefficient (Wildman–Crippen LogP) is 4.08. The minimum absolute atomic E-state index is 0.437. The molecule has 136 valence electrons. The first kappa shape index (κ1) is 18.1. The fourth-order valence-corrected chi connectivity index (χ4v) is 3.18.